The third-order valence-electron chi connectivity index (χ3n) is 3.59. The maximum atomic E-state index is 12.3. The van der Waals surface area contributed by atoms with Crippen molar-refractivity contribution in [3.05, 3.63) is 72.4 Å². The van der Waals surface area contributed by atoms with Crippen LogP contribution in [0.5, 0.6) is 0 Å². The number of carbonyl (C=O) groups is 1. The summed E-state index contributed by atoms with van der Waals surface area (Å²) in [5.74, 6) is 0.303. The number of hydrogen-bond acceptors (Lipinski definition) is 5. The highest BCUT2D eigenvalue weighted by Crippen LogP contribution is 2.23. The third kappa shape index (κ3) is 3.55. The molecule has 6 nitrogen and oxygen atoms in total. The molecule has 0 aliphatic rings. The summed E-state index contributed by atoms with van der Waals surface area (Å²) in [6.45, 7) is 1.95. The van der Waals surface area contributed by atoms with Crippen molar-refractivity contribution < 1.29 is 4.79 Å². The smallest absolute Gasteiger partial charge is 0.256 e. The van der Waals surface area contributed by atoms with Gasteiger partial charge in [0.2, 0.25) is 0 Å². The molecule has 1 aromatic carbocycles. The Morgan fingerprint density at radius 1 is 1.08 bits per heavy atom. The van der Waals surface area contributed by atoms with Gasteiger partial charge < -0.3 is 10.2 Å². The number of nitrogens with one attached hydrogen (secondary N) is 1. The van der Waals surface area contributed by atoms with Crippen LogP contribution in [0.3, 0.4) is 0 Å². The highest BCUT2D eigenvalue weighted by molar-refractivity contribution is 6.04. The summed E-state index contributed by atoms with van der Waals surface area (Å²) in [7, 11) is 1.90. The molecule has 3 aromatic rings. The van der Waals surface area contributed by atoms with Gasteiger partial charge in [0.15, 0.2) is 0 Å². The van der Waals surface area contributed by atoms with E-state index >= 15 is 0 Å². The van der Waals surface area contributed by atoms with E-state index in [-0.39, 0.29) is 5.91 Å². The topological polar surface area (TPSA) is 71.0 Å². The highest BCUT2D eigenvalue weighted by atomic mass is 16.1. The van der Waals surface area contributed by atoms with Gasteiger partial charge in [0, 0.05) is 30.6 Å². The monoisotopic (exact) mass is 319 g/mol. The first-order valence-corrected chi connectivity index (χ1v) is 7.46. The highest BCUT2D eigenvalue weighted by Gasteiger charge is 2.09. The molecule has 0 saturated carbocycles. The molecule has 0 atom stereocenters. The molecule has 0 radical (unpaired) electrons. The average molecular weight is 319 g/mol. The van der Waals surface area contributed by atoms with Gasteiger partial charge in [-0.15, -0.1) is 0 Å². The Balaban J connectivity index is 1.79. The van der Waals surface area contributed by atoms with Crippen molar-refractivity contribution in [2.75, 3.05) is 17.3 Å². The van der Waals surface area contributed by atoms with Gasteiger partial charge in [0.05, 0.1) is 18.1 Å². The summed E-state index contributed by atoms with van der Waals surface area (Å²) in [5, 5.41) is 2.82. The number of nitrogens with zero attached hydrogens (tertiary/aromatic N) is 4. The van der Waals surface area contributed by atoms with Gasteiger partial charge in [-0.3, -0.25) is 4.79 Å². The fourth-order valence-electron chi connectivity index (χ4n) is 2.28. The Hall–Kier alpha value is -3.28. The minimum atomic E-state index is -0.186. The second kappa shape index (κ2) is 6.87. The van der Waals surface area contributed by atoms with E-state index in [1.165, 1.54) is 6.33 Å². The van der Waals surface area contributed by atoms with Crippen LogP contribution in [-0.4, -0.2) is 27.9 Å². The number of carbonyl (C=O) groups excluding carboxylic acids is 1. The van der Waals surface area contributed by atoms with Crippen LogP contribution >= 0.6 is 0 Å². The zero-order chi connectivity index (χ0) is 16.9. The lowest BCUT2D eigenvalue weighted by Crippen LogP contribution is -2.14. The van der Waals surface area contributed by atoms with Crippen molar-refractivity contribution in [1.82, 2.24) is 15.0 Å². The number of hydrogen-bond donors (Lipinski definition) is 1. The van der Waals surface area contributed by atoms with E-state index in [9.17, 15) is 4.79 Å². The molecule has 0 aliphatic heterocycles. The molecule has 0 bridgehead atoms. The van der Waals surface area contributed by atoms with E-state index in [2.05, 4.69) is 20.3 Å². The Labute approximate surface area is 140 Å². The lowest BCUT2D eigenvalue weighted by molar-refractivity contribution is 0.102. The lowest BCUT2D eigenvalue weighted by atomic mass is 10.1. The van der Waals surface area contributed by atoms with E-state index in [1.807, 2.05) is 43.1 Å². The lowest BCUT2D eigenvalue weighted by Gasteiger charge is -2.19. The summed E-state index contributed by atoms with van der Waals surface area (Å²) in [4.78, 5) is 26.5. The van der Waals surface area contributed by atoms with Crippen LogP contribution in [0.25, 0.3) is 0 Å². The Kier molecular flexibility index (Phi) is 4.47. The van der Waals surface area contributed by atoms with Crippen molar-refractivity contribution in [1.29, 1.82) is 0 Å². The van der Waals surface area contributed by atoms with Crippen molar-refractivity contribution in [3.8, 4) is 0 Å². The molecule has 2 heterocycles. The summed E-state index contributed by atoms with van der Waals surface area (Å²) < 4.78 is 0. The minimum Gasteiger partial charge on any atom is -0.342 e. The molecule has 0 spiro atoms. The molecule has 2 aromatic heterocycles. The molecule has 1 N–H and O–H groups in total. The first kappa shape index (κ1) is 15.6. The second-order valence-corrected chi connectivity index (χ2v) is 5.38. The maximum absolute atomic E-state index is 12.3. The molecule has 0 unspecified atom stereocenters. The van der Waals surface area contributed by atoms with Crippen molar-refractivity contribution in [3.63, 3.8) is 0 Å². The molecule has 1 amide bonds. The van der Waals surface area contributed by atoms with E-state index in [0.717, 1.165) is 16.9 Å². The van der Waals surface area contributed by atoms with Crippen molar-refractivity contribution >= 4 is 23.1 Å². The summed E-state index contributed by atoms with van der Waals surface area (Å²) in [5.41, 5.74) is 3.36. The normalized spacial score (nSPS) is 10.2. The van der Waals surface area contributed by atoms with Gasteiger partial charge in [-0.25, -0.2) is 15.0 Å². The predicted octanol–water partition coefficient (Wildman–Crippen LogP) is 3.20. The van der Waals surface area contributed by atoms with E-state index < -0.39 is 0 Å². The number of aryl methyl sites for hydroxylation is 1. The van der Waals surface area contributed by atoms with Crippen LogP contribution in [0.15, 0.2) is 61.3 Å². The number of aromatic nitrogens is 3. The summed E-state index contributed by atoms with van der Waals surface area (Å²) in [6, 6.07) is 11.1. The van der Waals surface area contributed by atoms with Gasteiger partial charge in [-0.2, -0.15) is 0 Å². The molecule has 24 heavy (non-hydrogen) atoms. The molecule has 0 fully saturated rings. The van der Waals surface area contributed by atoms with Crippen LogP contribution < -0.4 is 10.2 Å². The van der Waals surface area contributed by atoms with Crippen LogP contribution in [-0.2, 0) is 0 Å². The zero-order valence-electron chi connectivity index (χ0n) is 13.5. The van der Waals surface area contributed by atoms with Gasteiger partial charge in [-0.05, 0) is 25.1 Å². The van der Waals surface area contributed by atoms with Crippen molar-refractivity contribution in [2.45, 2.75) is 6.92 Å². The number of benzene rings is 1. The number of amides is 1. The van der Waals surface area contributed by atoms with Crippen LogP contribution in [0.2, 0.25) is 0 Å². The second-order valence-electron chi connectivity index (χ2n) is 5.38. The molecule has 3 rings (SSSR count). The van der Waals surface area contributed by atoms with Gasteiger partial charge >= 0.3 is 0 Å². The molecule has 0 saturated heterocycles. The number of anilines is 3. The van der Waals surface area contributed by atoms with Crippen LogP contribution in [0, 0.1) is 6.92 Å². The maximum Gasteiger partial charge on any atom is 0.256 e. The predicted molar refractivity (Wildman–Crippen MR) is 93.5 cm³/mol. The molecule has 120 valence electrons. The van der Waals surface area contributed by atoms with Crippen LogP contribution in [0.1, 0.15) is 15.9 Å². The van der Waals surface area contributed by atoms with Gasteiger partial charge in [0.25, 0.3) is 5.91 Å². The standard InChI is InChI=1S/C18H17N5O/c1-13-4-3-5-14(8-13)18(24)22-17-9-15(6-7-21-17)23(2)16-10-19-12-20-11-16/h3-12H,1-2H3,(H,21,22,24). The van der Waals surface area contributed by atoms with Gasteiger partial charge in [0.1, 0.15) is 12.1 Å². The fraction of sp³-hybridized carbons (Fsp3) is 0.111. The Morgan fingerprint density at radius 3 is 2.62 bits per heavy atom. The Morgan fingerprint density at radius 2 is 1.88 bits per heavy atom. The summed E-state index contributed by atoms with van der Waals surface area (Å²) >= 11 is 0. The van der Waals surface area contributed by atoms with E-state index in [0.29, 0.717) is 11.4 Å². The molecular formula is C18H17N5O. The number of rotatable bonds is 4. The van der Waals surface area contributed by atoms with E-state index in [4.69, 9.17) is 0 Å². The summed E-state index contributed by atoms with van der Waals surface area (Å²) in [6.07, 6.45) is 6.58. The quantitative estimate of drug-likeness (QED) is 0.799. The third-order valence-corrected chi connectivity index (χ3v) is 3.59. The van der Waals surface area contributed by atoms with Crippen molar-refractivity contribution in [2.24, 2.45) is 0 Å². The fourth-order valence-corrected chi connectivity index (χ4v) is 2.28. The van der Waals surface area contributed by atoms with Crippen LogP contribution in [0.4, 0.5) is 17.2 Å². The first-order chi connectivity index (χ1) is 11.6. The number of pyridine rings is 1. The average Bonchev–Trinajstić information content (AvgIpc) is 2.62. The van der Waals surface area contributed by atoms with E-state index in [1.54, 1.807) is 30.7 Å². The largest absolute Gasteiger partial charge is 0.342 e. The SMILES string of the molecule is Cc1cccc(C(=O)Nc2cc(N(C)c3cncnc3)ccn2)c1. The zero-order valence-corrected chi connectivity index (χ0v) is 13.5. The molecule has 0 aliphatic carbocycles. The first-order valence-electron chi connectivity index (χ1n) is 7.46. The van der Waals surface area contributed by atoms with Gasteiger partial charge in [-0.1, -0.05) is 17.7 Å². The molecule has 6 heteroatoms. The molecular weight excluding hydrogens is 302 g/mol. The minimum absolute atomic E-state index is 0.186. The Bertz CT molecular complexity index is 851.